The van der Waals surface area contributed by atoms with Gasteiger partial charge in [0.2, 0.25) is 6.79 Å². The average molecular weight is 327 g/mol. The van der Waals surface area contributed by atoms with Gasteiger partial charge < -0.3 is 24.6 Å². The molecule has 0 amide bonds. The van der Waals surface area contributed by atoms with Gasteiger partial charge in [0, 0.05) is 44.0 Å². The fraction of sp³-hybridized carbons (Fsp3) is 0.412. The maximum Gasteiger partial charge on any atom is 0.231 e. The van der Waals surface area contributed by atoms with Gasteiger partial charge >= 0.3 is 0 Å². The molecular weight excluding hydrogens is 306 g/mol. The van der Waals surface area contributed by atoms with Crippen molar-refractivity contribution in [2.45, 2.75) is 6.92 Å². The molecule has 4 rings (SSSR count). The van der Waals surface area contributed by atoms with Gasteiger partial charge in [-0.15, -0.1) is 0 Å². The molecule has 1 saturated heterocycles. The van der Waals surface area contributed by atoms with Gasteiger partial charge in [-0.2, -0.15) is 0 Å². The van der Waals surface area contributed by atoms with Crippen LogP contribution in [0.4, 0.5) is 17.3 Å². The third-order valence-electron chi connectivity index (χ3n) is 4.30. The molecule has 0 saturated carbocycles. The number of hydrogen-bond donors (Lipinski definition) is 1. The van der Waals surface area contributed by atoms with E-state index in [0.717, 1.165) is 60.8 Å². The number of rotatable bonds is 3. The molecule has 2 aliphatic heterocycles. The zero-order valence-corrected chi connectivity index (χ0v) is 14.0. The summed E-state index contributed by atoms with van der Waals surface area (Å²) in [5, 5.41) is 3.34. The van der Waals surface area contributed by atoms with E-state index in [-0.39, 0.29) is 6.79 Å². The fourth-order valence-electron chi connectivity index (χ4n) is 2.94. The first-order valence-electron chi connectivity index (χ1n) is 8.13. The highest BCUT2D eigenvalue weighted by Gasteiger charge is 2.17. The molecule has 126 valence electrons. The van der Waals surface area contributed by atoms with Gasteiger partial charge in [-0.3, -0.25) is 0 Å². The Hall–Kier alpha value is -2.54. The number of fused-ring (bicyclic) bond motifs is 1. The quantitative estimate of drug-likeness (QED) is 0.925. The van der Waals surface area contributed by atoms with E-state index in [1.54, 1.807) is 0 Å². The molecule has 24 heavy (non-hydrogen) atoms. The van der Waals surface area contributed by atoms with Gasteiger partial charge in [0.05, 0.1) is 0 Å². The van der Waals surface area contributed by atoms with Crippen LogP contribution in [0.5, 0.6) is 11.5 Å². The van der Waals surface area contributed by atoms with Gasteiger partial charge in [-0.25, -0.2) is 9.97 Å². The molecule has 1 N–H and O–H groups in total. The first kappa shape index (κ1) is 15.0. The molecule has 1 fully saturated rings. The number of likely N-dealkylation sites (N-methyl/N-ethyl adjacent to an activating group) is 1. The second-order valence-electron chi connectivity index (χ2n) is 6.14. The van der Waals surface area contributed by atoms with Crippen LogP contribution in [0, 0.1) is 6.92 Å². The summed E-state index contributed by atoms with van der Waals surface area (Å²) >= 11 is 0. The van der Waals surface area contributed by atoms with Crippen molar-refractivity contribution in [3.63, 3.8) is 0 Å². The number of aryl methyl sites for hydroxylation is 1. The normalized spacial score (nSPS) is 17.2. The Morgan fingerprint density at radius 2 is 1.79 bits per heavy atom. The zero-order chi connectivity index (χ0) is 16.5. The first-order valence-corrected chi connectivity index (χ1v) is 8.13. The van der Waals surface area contributed by atoms with Crippen molar-refractivity contribution in [3.8, 4) is 11.5 Å². The van der Waals surface area contributed by atoms with Crippen molar-refractivity contribution in [1.82, 2.24) is 14.9 Å². The van der Waals surface area contributed by atoms with E-state index in [2.05, 4.69) is 32.1 Å². The van der Waals surface area contributed by atoms with Crippen LogP contribution in [0.25, 0.3) is 0 Å². The van der Waals surface area contributed by atoms with Crippen molar-refractivity contribution in [1.29, 1.82) is 0 Å². The van der Waals surface area contributed by atoms with Gasteiger partial charge in [0.15, 0.2) is 11.5 Å². The fourth-order valence-corrected chi connectivity index (χ4v) is 2.94. The van der Waals surface area contributed by atoms with E-state index in [0.29, 0.717) is 0 Å². The Balaban J connectivity index is 1.55. The Bertz CT molecular complexity index is 744. The number of aromatic nitrogens is 2. The number of anilines is 3. The lowest BCUT2D eigenvalue weighted by Gasteiger charge is -2.33. The lowest BCUT2D eigenvalue weighted by atomic mass is 10.2. The number of piperazine rings is 1. The van der Waals surface area contributed by atoms with Crippen molar-refractivity contribution >= 4 is 17.3 Å². The molecule has 1 aromatic heterocycles. The van der Waals surface area contributed by atoms with Crippen LogP contribution in [0.15, 0.2) is 24.3 Å². The van der Waals surface area contributed by atoms with Gasteiger partial charge in [-0.1, -0.05) is 0 Å². The molecule has 0 spiro atoms. The summed E-state index contributed by atoms with van der Waals surface area (Å²) in [6, 6.07) is 7.79. The highest BCUT2D eigenvalue weighted by molar-refractivity contribution is 5.63. The van der Waals surface area contributed by atoms with Gasteiger partial charge in [0.1, 0.15) is 17.5 Å². The minimum atomic E-state index is 0.277. The first-order chi connectivity index (χ1) is 11.7. The van der Waals surface area contributed by atoms with Crippen LogP contribution in [0.2, 0.25) is 0 Å². The smallest absolute Gasteiger partial charge is 0.231 e. The Kier molecular flexibility index (Phi) is 3.86. The molecular formula is C17H21N5O2. The molecule has 7 heteroatoms. The largest absolute Gasteiger partial charge is 0.454 e. The Morgan fingerprint density at radius 1 is 1.00 bits per heavy atom. The van der Waals surface area contributed by atoms with E-state index in [1.165, 1.54) is 0 Å². The van der Waals surface area contributed by atoms with E-state index in [4.69, 9.17) is 9.47 Å². The van der Waals surface area contributed by atoms with Crippen molar-refractivity contribution < 1.29 is 9.47 Å². The SMILES string of the molecule is Cc1nc(Nc2ccc3c(c2)OCO3)cc(N2CCN(C)CC2)n1. The average Bonchev–Trinajstić information content (AvgIpc) is 3.02. The molecule has 2 aliphatic rings. The minimum absolute atomic E-state index is 0.277. The predicted octanol–water partition coefficient (Wildman–Crippen LogP) is 2.01. The van der Waals surface area contributed by atoms with Crippen molar-refractivity contribution in [3.05, 3.63) is 30.1 Å². The zero-order valence-electron chi connectivity index (χ0n) is 14.0. The van der Waals surface area contributed by atoms with Crippen molar-refractivity contribution in [2.75, 3.05) is 50.2 Å². The number of nitrogens with one attached hydrogen (secondary N) is 1. The van der Waals surface area contributed by atoms with E-state index < -0.39 is 0 Å². The van der Waals surface area contributed by atoms with Crippen LogP contribution < -0.4 is 19.7 Å². The maximum absolute atomic E-state index is 5.42. The third-order valence-corrected chi connectivity index (χ3v) is 4.30. The second kappa shape index (κ2) is 6.16. The molecule has 7 nitrogen and oxygen atoms in total. The van der Waals surface area contributed by atoms with Crippen LogP contribution in [-0.4, -0.2) is 54.9 Å². The molecule has 0 unspecified atom stereocenters. The molecule has 0 aliphatic carbocycles. The molecule has 3 heterocycles. The Labute approximate surface area is 141 Å². The topological polar surface area (TPSA) is 62.8 Å². The number of hydrogen-bond acceptors (Lipinski definition) is 7. The Morgan fingerprint density at radius 3 is 2.62 bits per heavy atom. The van der Waals surface area contributed by atoms with Crippen molar-refractivity contribution in [2.24, 2.45) is 0 Å². The number of nitrogens with zero attached hydrogens (tertiary/aromatic N) is 4. The van der Waals surface area contributed by atoms with E-state index in [1.807, 2.05) is 31.2 Å². The standard InChI is InChI=1S/C17H21N5O2/c1-12-18-16(10-17(19-12)22-7-5-21(2)6-8-22)20-13-3-4-14-15(9-13)24-11-23-14/h3-4,9-10H,5-8,11H2,1-2H3,(H,18,19,20). The molecule has 2 aromatic rings. The maximum atomic E-state index is 5.42. The monoisotopic (exact) mass is 327 g/mol. The second-order valence-corrected chi connectivity index (χ2v) is 6.14. The molecule has 0 radical (unpaired) electrons. The van der Waals surface area contributed by atoms with E-state index >= 15 is 0 Å². The van der Waals surface area contributed by atoms with E-state index in [9.17, 15) is 0 Å². The predicted molar refractivity (Wildman–Crippen MR) is 92.3 cm³/mol. The summed E-state index contributed by atoms with van der Waals surface area (Å²) < 4.78 is 10.8. The summed E-state index contributed by atoms with van der Waals surface area (Å²) in [5.41, 5.74) is 0.918. The highest BCUT2D eigenvalue weighted by Crippen LogP contribution is 2.35. The number of ether oxygens (including phenoxy) is 2. The van der Waals surface area contributed by atoms with Crippen LogP contribution in [0.3, 0.4) is 0 Å². The van der Waals surface area contributed by atoms with Gasteiger partial charge in [-0.05, 0) is 26.1 Å². The summed E-state index contributed by atoms with van der Waals surface area (Å²) in [6.07, 6.45) is 0. The summed E-state index contributed by atoms with van der Waals surface area (Å²) in [6.45, 7) is 6.26. The minimum Gasteiger partial charge on any atom is -0.454 e. The summed E-state index contributed by atoms with van der Waals surface area (Å²) in [7, 11) is 2.15. The van der Waals surface area contributed by atoms with Crippen LogP contribution >= 0.6 is 0 Å². The summed E-state index contributed by atoms with van der Waals surface area (Å²) in [5.74, 6) is 4.05. The lowest BCUT2D eigenvalue weighted by molar-refractivity contribution is 0.174. The van der Waals surface area contributed by atoms with Gasteiger partial charge in [0.25, 0.3) is 0 Å². The molecule has 0 atom stereocenters. The lowest BCUT2D eigenvalue weighted by Crippen LogP contribution is -2.44. The molecule has 0 bridgehead atoms. The highest BCUT2D eigenvalue weighted by atomic mass is 16.7. The summed E-state index contributed by atoms with van der Waals surface area (Å²) in [4.78, 5) is 13.7. The van der Waals surface area contributed by atoms with Crippen LogP contribution in [0.1, 0.15) is 5.82 Å². The third kappa shape index (κ3) is 3.07. The number of benzene rings is 1. The molecule has 1 aromatic carbocycles. The van der Waals surface area contributed by atoms with Crippen LogP contribution in [-0.2, 0) is 0 Å².